The van der Waals surface area contributed by atoms with Crippen LogP contribution in [0, 0.1) is 0 Å². The molecule has 4 nitrogen and oxygen atoms in total. The minimum Gasteiger partial charge on any atom is -0.460 e. The van der Waals surface area contributed by atoms with Crippen LogP contribution in [0.15, 0.2) is 42.5 Å². The molecule has 0 heterocycles. The average Bonchev–Trinajstić information content (AvgIpc) is 2.91. The van der Waals surface area contributed by atoms with E-state index < -0.39 is 18.6 Å². The Hall–Kier alpha value is -2.17. The quantitative estimate of drug-likeness (QED) is 0.714. The normalized spacial score (nSPS) is 13.4. The maximum absolute atomic E-state index is 11.6. The first-order valence-corrected chi connectivity index (χ1v) is 6.93. The van der Waals surface area contributed by atoms with Gasteiger partial charge in [-0.05, 0) is 34.2 Å². The Morgan fingerprint density at radius 2 is 1.95 bits per heavy atom. The van der Waals surface area contributed by atoms with Crippen LogP contribution in [-0.4, -0.2) is 23.7 Å². The van der Waals surface area contributed by atoms with Crippen molar-refractivity contribution in [3.8, 4) is 11.1 Å². The summed E-state index contributed by atoms with van der Waals surface area (Å²) in [7, 11) is 0. The van der Waals surface area contributed by atoms with Gasteiger partial charge in [-0.25, -0.2) is 0 Å². The number of aliphatic hydroxyl groups excluding tert-OH is 1. The highest BCUT2D eigenvalue weighted by Gasteiger charge is 2.21. The van der Waals surface area contributed by atoms with E-state index in [0.717, 1.165) is 12.0 Å². The summed E-state index contributed by atoms with van der Waals surface area (Å²) >= 11 is 0. The predicted octanol–water partition coefficient (Wildman–Crippen LogP) is 1.62. The van der Waals surface area contributed by atoms with Gasteiger partial charge in [0.05, 0.1) is 6.61 Å². The zero-order valence-corrected chi connectivity index (χ0v) is 11.6. The SMILES string of the molecule is NC(CO)C(=O)OCc1cccc2c1Cc1ccccc1-2. The number of hydrogen-bond acceptors (Lipinski definition) is 4. The first-order chi connectivity index (χ1) is 10.2. The van der Waals surface area contributed by atoms with Gasteiger partial charge in [-0.3, -0.25) is 4.79 Å². The van der Waals surface area contributed by atoms with Gasteiger partial charge in [0, 0.05) is 0 Å². The number of fused-ring (bicyclic) bond motifs is 3. The summed E-state index contributed by atoms with van der Waals surface area (Å²) in [6, 6.07) is 13.3. The lowest BCUT2D eigenvalue weighted by molar-refractivity contribution is -0.147. The predicted molar refractivity (Wildman–Crippen MR) is 79.5 cm³/mol. The van der Waals surface area contributed by atoms with Crippen molar-refractivity contribution in [3.63, 3.8) is 0 Å². The van der Waals surface area contributed by atoms with Gasteiger partial charge in [0.1, 0.15) is 12.6 Å². The molecule has 0 fully saturated rings. The van der Waals surface area contributed by atoms with Crippen molar-refractivity contribution in [3.05, 3.63) is 59.2 Å². The van der Waals surface area contributed by atoms with Crippen LogP contribution in [-0.2, 0) is 22.6 Å². The molecular formula is C17H17NO3. The van der Waals surface area contributed by atoms with Crippen molar-refractivity contribution in [2.24, 2.45) is 5.73 Å². The Morgan fingerprint density at radius 3 is 2.76 bits per heavy atom. The minimum atomic E-state index is -0.973. The first-order valence-electron chi connectivity index (χ1n) is 6.93. The number of hydrogen-bond donors (Lipinski definition) is 2. The van der Waals surface area contributed by atoms with Crippen LogP contribution in [0.1, 0.15) is 16.7 Å². The van der Waals surface area contributed by atoms with Crippen LogP contribution in [0.3, 0.4) is 0 Å². The van der Waals surface area contributed by atoms with Crippen molar-refractivity contribution >= 4 is 5.97 Å². The van der Waals surface area contributed by atoms with Crippen LogP contribution < -0.4 is 5.73 Å². The zero-order chi connectivity index (χ0) is 14.8. The summed E-state index contributed by atoms with van der Waals surface area (Å²) in [4.78, 5) is 11.6. The second-order valence-electron chi connectivity index (χ2n) is 5.17. The highest BCUT2D eigenvalue weighted by Crippen LogP contribution is 2.38. The molecule has 1 atom stereocenters. The average molecular weight is 283 g/mol. The molecule has 0 aromatic heterocycles. The van der Waals surface area contributed by atoms with E-state index in [2.05, 4.69) is 18.2 Å². The first kappa shape index (κ1) is 13.8. The van der Waals surface area contributed by atoms with Crippen LogP contribution in [0.5, 0.6) is 0 Å². The maximum atomic E-state index is 11.6. The summed E-state index contributed by atoms with van der Waals surface area (Å²) in [6.45, 7) is -0.221. The molecule has 21 heavy (non-hydrogen) atoms. The summed E-state index contributed by atoms with van der Waals surface area (Å²) in [6.07, 6.45) is 0.852. The monoisotopic (exact) mass is 283 g/mol. The Morgan fingerprint density at radius 1 is 1.19 bits per heavy atom. The Labute approximate surface area is 123 Å². The summed E-state index contributed by atoms with van der Waals surface area (Å²) < 4.78 is 5.18. The second kappa shape index (κ2) is 5.68. The van der Waals surface area contributed by atoms with Crippen molar-refractivity contribution in [1.29, 1.82) is 0 Å². The third kappa shape index (κ3) is 2.55. The molecule has 4 heteroatoms. The number of aliphatic hydroxyl groups is 1. The van der Waals surface area contributed by atoms with E-state index in [1.165, 1.54) is 22.3 Å². The van der Waals surface area contributed by atoms with Crippen molar-refractivity contribution in [2.45, 2.75) is 19.1 Å². The van der Waals surface area contributed by atoms with E-state index in [0.29, 0.717) is 0 Å². The molecule has 0 amide bonds. The topological polar surface area (TPSA) is 72.5 Å². The van der Waals surface area contributed by atoms with Gasteiger partial charge in [-0.1, -0.05) is 42.5 Å². The van der Waals surface area contributed by atoms with E-state index in [9.17, 15) is 4.79 Å². The molecule has 0 saturated heterocycles. The van der Waals surface area contributed by atoms with Gasteiger partial charge >= 0.3 is 5.97 Å². The number of benzene rings is 2. The Bertz CT molecular complexity index is 681. The summed E-state index contributed by atoms with van der Waals surface area (Å²) in [5.74, 6) is -0.578. The van der Waals surface area contributed by atoms with Gasteiger partial charge in [-0.15, -0.1) is 0 Å². The molecule has 2 aromatic rings. The standard InChI is InChI=1S/C17H17NO3/c18-16(9-19)17(20)21-10-12-5-3-7-14-13-6-2-1-4-11(13)8-15(12)14/h1-7,16,19H,8-10,18H2. The van der Waals surface area contributed by atoms with Gasteiger partial charge in [0.25, 0.3) is 0 Å². The Balaban J connectivity index is 1.82. The van der Waals surface area contributed by atoms with E-state index in [1.807, 2.05) is 24.3 Å². The number of ether oxygens (including phenoxy) is 1. The highest BCUT2D eigenvalue weighted by atomic mass is 16.5. The molecule has 3 rings (SSSR count). The van der Waals surface area contributed by atoms with Crippen LogP contribution >= 0.6 is 0 Å². The fourth-order valence-electron chi connectivity index (χ4n) is 2.69. The number of rotatable bonds is 4. The smallest absolute Gasteiger partial charge is 0.325 e. The third-order valence-electron chi connectivity index (χ3n) is 3.82. The lowest BCUT2D eigenvalue weighted by atomic mass is 10.0. The van der Waals surface area contributed by atoms with Gasteiger partial charge in [-0.2, -0.15) is 0 Å². The zero-order valence-electron chi connectivity index (χ0n) is 11.6. The molecule has 0 aliphatic heterocycles. The fraction of sp³-hybridized carbons (Fsp3) is 0.235. The van der Waals surface area contributed by atoms with Crippen LogP contribution in [0.4, 0.5) is 0 Å². The molecule has 1 aliphatic rings. The molecule has 108 valence electrons. The second-order valence-corrected chi connectivity index (χ2v) is 5.17. The molecule has 2 aromatic carbocycles. The summed E-state index contributed by atoms with van der Waals surface area (Å²) in [5, 5.41) is 8.85. The lowest BCUT2D eigenvalue weighted by Gasteiger charge is -2.11. The largest absolute Gasteiger partial charge is 0.460 e. The molecule has 1 unspecified atom stereocenters. The minimum absolute atomic E-state index is 0.184. The van der Waals surface area contributed by atoms with E-state index in [1.54, 1.807) is 0 Å². The van der Waals surface area contributed by atoms with E-state index >= 15 is 0 Å². The Kier molecular flexibility index (Phi) is 3.73. The van der Waals surface area contributed by atoms with Crippen LogP contribution in [0.25, 0.3) is 11.1 Å². The van der Waals surface area contributed by atoms with Gasteiger partial charge in [0.15, 0.2) is 0 Å². The molecule has 3 N–H and O–H groups in total. The molecular weight excluding hydrogens is 266 g/mol. The number of esters is 1. The van der Waals surface area contributed by atoms with Crippen LogP contribution in [0.2, 0.25) is 0 Å². The van der Waals surface area contributed by atoms with Crippen molar-refractivity contribution in [1.82, 2.24) is 0 Å². The molecule has 0 saturated carbocycles. The molecule has 0 spiro atoms. The van der Waals surface area contributed by atoms with E-state index in [-0.39, 0.29) is 6.61 Å². The van der Waals surface area contributed by atoms with Crippen molar-refractivity contribution < 1.29 is 14.6 Å². The molecule has 0 bridgehead atoms. The number of nitrogens with two attached hydrogens (primary N) is 1. The summed E-state index contributed by atoms with van der Waals surface area (Å²) in [5.41, 5.74) is 11.4. The van der Waals surface area contributed by atoms with E-state index in [4.69, 9.17) is 15.6 Å². The number of carbonyl (C=O) groups is 1. The fourth-order valence-corrected chi connectivity index (χ4v) is 2.69. The van der Waals surface area contributed by atoms with Gasteiger partial charge in [0.2, 0.25) is 0 Å². The molecule has 0 radical (unpaired) electrons. The maximum Gasteiger partial charge on any atom is 0.325 e. The third-order valence-corrected chi connectivity index (χ3v) is 3.82. The number of carbonyl (C=O) groups excluding carboxylic acids is 1. The van der Waals surface area contributed by atoms with Gasteiger partial charge < -0.3 is 15.6 Å². The molecule has 1 aliphatic carbocycles. The highest BCUT2D eigenvalue weighted by molar-refractivity contribution is 5.78. The van der Waals surface area contributed by atoms with Crippen molar-refractivity contribution in [2.75, 3.05) is 6.61 Å². The lowest BCUT2D eigenvalue weighted by Crippen LogP contribution is -2.35.